The third kappa shape index (κ3) is 4.51. The molecule has 1 unspecified atom stereocenters. The van der Waals surface area contributed by atoms with Crippen LogP contribution in [0.1, 0.15) is 41.4 Å². The number of fused-ring (bicyclic) bond motifs is 2. The number of nitrogens with zero attached hydrogens (tertiary/aromatic N) is 3. The Bertz CT molecular complexity index is 1560. The van der Waals surface area contributed by atoms with Crippen LogP contribution >= 0.6 is 0 Å². The number of piperidine rings is 1. The van der Waals surface area contributed by atoms with Crippen LogP contribution in [0.2, 0.25) is 0 Å². The number of likely N-dealkylation sites (tertiary alicyclic amines) is 1. The van der Waals surface area contributed by atoms with Gasteiger partial charge in [-0.05, 0) is 66.4 Å². The summed E-state index contributed by atoms with van der Waals surface area (Å²) in [6, 6.07) is 16.5. The molecule has 0 radical (unpaired) electrons. The minimum atomic E-state index is -0.488. The summed E-state index contributed by atoms with van der Waals surface area (Å²) in [5.41, 5.74) is 6.06. The van der Waals surface area contributed by atoms with E-state index in [-0.39, 0.29) is 24.1 Å². The maximum absolute atomic E-state index is 14.4. The van der Waals surface area contributed by atoms with Crippen LogP contribution in [-0.4, -0.2) is 51.3 Å². The number of Topliss-reactive ketones (excluding diaryl/α,β-unsaturated/α-hetero) is 1. The lowest BCUT2D eigenvalue weighted by atomic mass is 9.94. The number of benzene rings is 3. The molecule has 1 saturated heterocycles. The molecular formula is C30H29FN4O3. The smallest absolute Gasteiger partial charge is 0.320 e. The summed E-state index contributed by atoms with van der Waals surface area (Å²) in [5, 5.41) is 0. The molecule has 1 N–H and O–H groups in total. The number of rotatable bonds is 2. The molecule has 194 valence electrons. The van der Waals surface area contributed by atoms with E-state index >= 15 is 0 Å². The highest BCUT2D eigenvalue weighted by atomic mass is 19.1. The zero-order chi connectivity index (χ0) is 26.4. The Kier molecular flexibility index (Phi) is 6.10. The van der Waals surface area contributed by atoms with Gasteiger partial charge in [0.2, 0.25) is 0 Å². The molecule has 3 heterocycles. The monoisotopic (exact) mass is 512 g/mol. The second-order valence-corrected chi connectivity index (χ2v) is 10.1. The van der Waals surface area contributed by atoms with Crippen LogP contribution in [0.5, 0.6) is 5.75 Å². The van der Waals surface area contributed by atoms with Crippen molar-refractivity contribution in [1.29, 1.82) is 0 Å². The van der Waals surface area contributed by atoms with E-state index in [4.69, 9.17) is 4.74 Å². The summed E-state index contributed by atoms with van der Waals surface area (Å²) in [4.78, 5) is 37.4. The van der Waals surface area contributed by atoms with Gasteiger partial charge < -0.3 is 19.5 Å². The largest absolute Gasteiger partial charge is 0.491 e. The molecule has 1 atom stereocenters. The Morgan fingerprint density at radius 3 is 2.71 bits per heavy atom. The van der Waals surface area contributed by atoms with E-state index in [1.165, 1.54) is 6.07 Å². The zero-order valence-corrected chi connectivity index (χ0v) is 21.5. The first kappa shape index (κ1) is 24.2. The fourth-order valence-electron chi connectivity index (χ4n) is 5.41. The van der Waals surface area contributed by atoms with Crippen molar-refractivity contribution in [3.63, 3.8) is 0 Å². The quantitative estimate of drug-likeness (QED) is 0.373. The number of imidazole rings is 1. The number of carbonyl (C=O) groups is 2. The van der Waals surface area contributed by atoms with Gasteiger partial charge in [0.05, 0.1) is 30.2 Å². The number of aromatic amines is 1. The number of ether oxygens (including phenoxy) is 1. The van der Waals surface area contributed by atoms with Crippen LogP contribution in [-0.2, 0) is 11.3 Å². The van der Waals surface area contributed by atoms with Crippen molar-refractivity contribution in [1.82, 2.24) is 19.8 Å². The predicted octanol–water partition coefficient (Wildman–Crippen LogP) is 5.71. The molecule has 4 aromatic rings. The molecule has 2 amide bonds. The Balaban J connectivity index is 1.28. The highest BCUT2D eigenvalue weighted by Crippen LogP contribution is 2.34. The standard InChI is InChI=1S/C30H29FN4O3/c1-18-3-4-22(14-25(18)31)28-16-24(36)9-10-35(28)30(37)34-11-12-38-29-8-6-20(13-23(29)17-34)21-5-7-26-27(15-21)33-19(2)32-26/h3-8,13-15,28H,9-12,16-17H2,1-2H3,(H,32,33). The van der Waals surface area contributed by atoms with Crippen molar-refractivity contribution in [2.45, 2.75) is 39.3 Å². The Labute approximate surface area is 220 Å². The molecule has 0 saturated carbocycles. The third-order valence-corrected chi connectivity index (χ3v) is 7.50. The van der Waals surface area contributed by atoms with Crippen molar-refractivity contribution < 1.29 is 18.7 Å². The van der Waals surface area contributed by atoms with Gasteiger partial charge in [-0.1, -0.05) is 24.3 Å². The van der Waals surface area contributed by atoms with Crippen LogP contribution in [0.25, 0.3) is 22.2 Å². The second-order valence-electron chi connectivity index (χ2n) is 10.1. The second kappa shape index (κ2) is 9.59. The van der Waals surface area contributed by atoms with Crippen LogP contribution in [0.4, 0.5) is 9.18 Å². The Morgan fingerprint density at radius 1 is 1.05 bits per heavy atom. The number of hydrogen-bond acceptors (Lipinski definition) is 4. The average molecular weight is 513 g/mol. The number of hydrogen-bond donors (Lipinski definition) is 1. The summed E-state index contributed by atoms with van der Waals surface area (Å²) >= 11 is 0. The number of H-pyrrole nitrogens is 1. The molecule has 8 heteroatoms. The van der Waals surface area contributed by atoms with Gasteiger partial charge in [-0.15, -0.1) is 0 Å². The van der Waals surface area contributed by atoms with E-state index in [9.17, 15) is 14.0 Å². The number of nitrogens with one attached hydrogen (secondary N) is 1. The first-order valence-corrected chi connectivity index (χ1v) is 12.9. The lowest BCUT2D eigenvalue weighted by Crippen LogP contribution is -2.48. The minimum Gasteiger partial charge on any atom is -0.491 e. The van der Waals surface area contributed by atoms with Crippen LogP contribution in [0.3, 0.4) is 0 Å². The van der Waals surface area contributed by atoms with E-state index in [0.717, 1.165) is 39.3 Å². The minimum absolute atomic E-state index is 0.0821. The maximum Gasteiger partial charge on any atom is 0.320 e. The molecule has 0 spiro atoms. The molecular weight excluding hydrogens is 483 g/mol. The van der Waals surface area contributed by atoms with Gasteiger partial charge >= 0.3 is 6.03 Å². The first-order chi connectivity index (χ1) is 18.4. The van der Waals surface area contributed by atoms with Crippen molar-refractivity contribution in [3.05, 3.63) is 82.9 Å². The lowest BCUT2D eigenvalue weighted by molar-refractivity contribution is -0.122. The zero-order valence-electron chi connectivity index (χ0n) is 21.5. The molecule has 1 fully saturated rings. The molecule has 38 heavy (non-hydrogen) atoms. The summed E-state index contributed by atoms with van der Waals surface area (Å²) < 4.78 is 20.4. The van der Waals surface area contributed by atoms with Gasteiger partial charge in [-0.25, -0.2) is 14.2 Å². The van der Waals surface area contributed by atoms with E-state index in [0.29, 0.717) is 43.8 Å². The van der Waals surface area contributed by atoms with Gasteiger partial charge in [0.25, 0.3) is 0 Å². The number of ketones is 1. The fraction of sp³-hybridized carbons (Fsp3) is 0.300. The van der Waals surface area contributed by atoms with Crippen LogP contribution in [0.15, 0.2) is 54.6 Å². The molecule has 7 nitrogen and oxygen atoms in total. The van der Waals surface area contributed by atoms with Gasteiger partial charge in [0, 0.05) is 24.9 Å². The summed E-state index contributed by atoms with van der Waals surface area (Å²) in [5.74, 6) is 1.38. The molecule has 0 aliphatic carbocycles. The molecule has 3 aromatic carbocycles. The van der Waals surface area contributed by atoms with E-state index in [2.05, 4.69) is 22.1 Å². The van der Waals surface area contributed by atoms with Gasteiger partial charge in [-0.3, -0.25) is 4.79 Å². The third-order valence-electron chi connectivity index (χ3n) is 7.50. The highest BCUT2D eigenvalue weighted by Gasteiger charge is 2.35. The highest BCUT2D eigenvalue weighted by molar-refractivity contribution is 5.84. The van der Waals surface area contributed by atoms with Crippen molar-refractivity contribution in [2.24, 2.45) is 0 Å². The van der Waals surface area contributed by atoms with Crippen molar-refractivity contribution >= 4 is 22.8 Å². The number of carbonyl (C=O) groups excluding carboxylic acids is 2. The maximum atomic E-state index is 14.4. The number of aromatic nitrogens is 2. The average Bonchev–Trinajstić information content (AvgIpc) is 3.15. The van der Waals surface area contributed by atoms with Gasteiger partial charge in [0.1, 0.15) is 29.8 Å². The van der Waals surface area contributed by atoms with Crippen LogP contribution in [0, 0.1) is 19.7 Å². The molecule has 2 aliphatic rings. The molecule has 2 aliphatic heterocycles. The van der Waals surface area contributed by atoms with Crippen LogP contribution < -0.4 is 4.74 Å². The van der Waals surface area contributed by atoms with Gasteiger partial charge in [0.15, 0.2) is 0 Å². The fourth-order valence-corrected chi connectivity index (χ4v) is 5.41. The van der Waals surface area contributed by atoms with E-state index < -0.39 is 6.04 Å². The SMILES string of the molecule is Cc1nc2ccc(-c3ccc4c(c3)CN(C(=O)N3CCC(=O)CC3c3ccc(C)c(F)c3)CCO4)cc2[nH]1. The Hall–Kier alpha value is -4.20. The normalized spacial score (nSPS) is 17.8. The van der Waals surface area contributed by atoms with Crippen molar-refractivity contribution in [2.75, 3.05) is 19.7 Å². The topological polar surface area (TPSA) is 78.5 Å². The molecule has 1 aromatic heterocycles. The summed E-state index contributed by atoms with van der Waals surface area (Å²) in [7, 11) is 0. The number of amides is 2. The lowest BCUT2D eigenvalue weighted by Gasteiger charge is -2.38. The van der Waals surface area contributed by atoms with E-state index in [1.54, 1.807) is 22.8 Å². The van der Waals surface area contributed by atoms with Crippen molar-refractivity contribution in [3.8, 4) is 16.9 Å². The molecule has 0 bridgehead atoms. The summed E-state index contributed by atoms with van der Waals surface area (Å²) in [6.07, 6.45) is 0.492. The number of urea groups is 1. The predicted molar refractivity (Wildman–Crippen MR) is 142 cm³/mol. The van der Waals surface area contributed by atoms with E-state index in [1.807, 2.05) is 37.3 Å². The number of aryl methyl sites for hydroxylation is 2. The first-order valence-electron chi connectivity index (χ1n) is 12.9. The Morgan fingerprint density at radius 2 is 1.87 bits per heavy atom. The number of halogens is 1. The summed E-state index contributed by atoms with van der Waals surface area (Å²) in [6.45, 7) is 5.11. The molecule has 6 rings (SSSR count). The van der Waals surface area contributed by atoms with Gasteiger partial charge in [-0.2, -0.15) is 0 Å².